The van der Waals surface area contributed by atoms with Crippen molar-refractivity contribution in [2.24, 2.45) is 0 Å². The summed E-state index contributed by atoms with van der Waals surface area (Å²) in [4.78, 5) is 20.8. The fraction of sp³-hybridized carbons (Fsp3) is 0.0500. The molecule has 0 aliphatic rings. The normalized spacial score (nSPS) is 11.3. The monoisotopic (exact) mass is 407 g/mol. The van der Waals surface area contributed by atoms with Gasteiger partial charge in [-0.1, -0.05) is 0 Å². The summed E-state index contributed by atoms with van der Waals surface area (Å²) in [6.45, 7) is 0. The van der Waals surface area contributed by atoms with Crippen LogP contribution in [-0.2, 0) is 4.74 Å². The van der Waals surface area contributed by atoms with Crippen LogP contribution in [0.4, 0.5) is 5.82 Å². The zero-order chi connectivity index (χ0) is 19.3. The lowest BCUT2D eigenvalue weighted by molar-refractivity contribution is 0.0606. The van der Waals surface area contributed by atoms with Gasteiger partial charge < -0.3 is 14.9 Å². The predicted octanol–water partition coefficient (Wildman–Crippen LogP) is 5.20. The number of pyridine rings is 2. The van der Waals surface area contributed by atoms with E-state index in [2.05, 4.69) is 9.97 Å². The average Bonchev–Trinajstić information content (AvgIpc) is 3.45. The number of nitrogens with zero attached hydrogens (tertiary/aromatic N) is 2. The maximum atomic E-state index is 11.8. The SMILES string of the molecule is COC(=O)c1cc(-c2cnc(N)c3oc(-c4csc5cnccc45)cc23)cs1. The summed E-state index contributed by atoms with van der Waals surface area (Å²) in [6.07, 6.45) is 5.31. The van der Waals surface area contributed by atoms with Crippen LogP contribution in [0.25, 0.3) is 43.5 Å². The van der Waals surface area contributed by atoms with E-state index in [1.54, 1.807) is 29.8 Å². The molecule has 5 heterocycles. The van der Waals surface area contributed by atoms with Crippen LogP contribution < -0.4 is 5.73 Å². The molecular weight excluding hydrogens is 394 g/mol. The second-order valence-corrected chi connectivity index (χ2v) is 7.95. The minimum Gasteiger partial charge on any atom is -0.465 e. The number of carbonyl (C=O) groups excluding carboxylic acids is 1. The number of thiophene rings is 2. The number of carbonyl (C=O) groups is 1. The largest absolute Gasteiger partial charge is 0.465 e. The minimum absolute atomic E-state index is 0.328. The molecule has 0 amide bonds. The Morgan fingerprint density at radius 3 is 2.89 bits per heavy atom. The van der Waals surface area contributed by atoms with E-state index in [4.69, 9.17) is 14.9 Å². The van der Waals surface area contributed by atoms with E-state index in [9.17, 15) is 4.79 Å². The highest BCUT2D eigenvalue weighted by Crippen LogP contribution is 2.41. The molecule has 0 aromatic carbocycles. The molecule has 8 heteroatoms. The Bertz CT molecular complexity index is 1350. The fourth-order valence-corrected chi connectivity index (χ4v) is 4.90. The number of hydrogen-bond donors (Lipinski definition) is 1. The first kappa shape index (κ1) is 16.9. The number of furan rings is 1. The van der Waals surface area contributed by atoms with Gasteiger partial charge in [0.25, 0.3) is 0 Å². The summed E-state index contributed by atoms with van der Waals surface area (Å²) in [5, 5.41) is 5.88. The molecule has 0 unspecified atom stereocenters. The molecule has 138 valence electrons. The molecule has 5 aromatic heterocycles. The first-order valence-corrected chi connectivity index (χ1v) is 10.1. The summed E-state index contributed by atoms with van der Waals surface area (Å²) in [5.41, 5.74) is 9.32. The van der Waals surface area contributed by atoms with Crippen molar-refractivity contribution in [2.45, 2.75) is 0 Å². The number of fused-ring (bicyclic) bond motifs is 2. The van der Waals surface area contributed by atoms with Crippen molar-refractivity contribution >= 4 is 55.5 Å². The zero-order valence-electron chi connectivity index (χ0n) is 14.6. The van der Waals surface area contributed by atoms with E-state index in [0.717, 1.165) is 37.9 Å². The van der Waals surface area contributed by atoms with E-state index in [1.165, 1.54) is 18.4 Å². The Kier molecular flexibility index (Phi) is 3.88. The van der Waals surface area contributed by atoms with Crippen molar-refractivity contribution in [1.82, 2.24) is 9.97 Å². The molecule has 2 N–H and O–H groups in total. The number of esters is 1. The molecule has 0 aliphatic carbocycles. The van der Waals surface area contributed by atoms with Crippen molar-refractivity contribution in [3.8, 4) is 22.5 Å². The van der Waals surface area contributed by atoms with Crippen LogP contribution in [0, 0.1) is 0 Å². The average molecular weight is 407 g/mol. The summed E-state index contributed by atoms with van der Waals surface area (Å²) in [5.74, 6) is 0.688. The van der Waals surface area contributed by atoms with Crippen molar-refractivity contribution < 1.29 is 13.9 Å². The van der Waals surface area contributed by atoms with E-state index in [-0.39, 0.29) is 5.97 Å². The molecule has 0 radical (unpaired) electrons. The zero-order valence-corrected chi connectivity index (χ0v) is 16.3. The third-order valence-electron chi connectivity index (χ3n) is 4.53. The lowest BCUT2D eigenvalue weighted by Gasteiger charge is -2.01. The van der Waals surface area contributed by atoms with Crippen LogP contribution >= 0.6 is 22.7 Å². The van der Waals surface area contributed by atoms with Gasteiger partial charge in [-0.3, -0.25) is 4.98 Å². The van der Waals surface area contributed by atoms with Gasteiger partial charge in [0.15, 0.2) is 11.4 Å². The molecule has 0 atom stereocenters. The van der Waals surface area contributed by atoms with Gasteiger partial charge in [-0.25, -0.2) is 9.78 Å². The number of hydrogen-bond acceptors (Lipinski definition) is 8. The Labute approximate surface area is 167 Å². The van der Waals surface area contributed by atoms with Crippen LogP contribution in [0.1, 0.15) is 9.67 Å². The number of nitrogens with two attached hydrogens (primary N) is 1. The van der Waals surface area contributed by atoms with Gasteiger partial charge in [0.05, 0.1) is 11.8 Å². The molecular formula is C20H13N3O3S2. The summed E-state index contributed by atoms with van der Waals surface area (Å²) in [6, 6.07) is 5.74. The lowest BCUT2D eigenvalue weighted by atomic mass is 10.1. The Morgan fingerprint density at radius 2 is 2.04 bits per heavy atom. The van der Waals surface area contributed by atoms with Gasteiger partial charge >= 0.3 is 5.97 Å². The van der Waals surface area contributed by atoms with E-state index in [0.29, 0.717) is 16.3 Å². The van der Waals surface area contributed by atoms with Gasteiger partial charge in [0.2, 0.25) is 0 Å². The number of nitrogen functional groups attached to an aromatic ring is 1. The smallest absolute Gasteiger partial charge is 0.348 e. The van der Waals surface area contributed by atoms with Gasteiger partial charge in [-0.15, -0.1) is 22.7 Å². The molecule has 5 rings (SSSR count). The van der Waals surface area contributed by atoms with Crippen molar-refractivity contribution in [1.29, 1.82) is 0 Å². The third kappa shape index (κ3) is 2.57. The van der Waals surface area contributed by atoms with Gasteiger partial charge in [0, 0.05) is 45.9 Å². The van der Waals surface area contributed by atoms with E-state index in [1.807, 2.05) is 29.1 Å². The standard InChI is InChI=1S/C20H13N3O3S2/c1-25-20(24)16-4-10(8-27-16)13-6-23-19(21)18-12(13)5-15(26-18)14-9-28-17-7-22-3-2-11(14)17/h2-9H,1H3,(H2,21,23). The molecule has 0 spiro atoms. The lowest BCUT2D eigenvalue weighted by Crippen LogP contribution is -1.97. The van der Waals surface area contributed by atoms with Crippen molar-refractivity contribution in [3.05, 3.63) is 52.4 Å². The number of rotatable bonds is 3. The molecule has 6 nitrogen and oxygen atoms in total. The van der Waals surface area contributed by atoms with Crippen molar-refractivity contribution in [3.63, 3.8) is 0 Å². The van der Waals surface area contributed by atoms with Crippen LogP contribution in [0.2, 0.25) is 0 Å². The van der Waals surface area contributed by atoms with Crippen LogP contribution in [-0.4, -0.2) is 23.0 Å². The topological polar surface area (TPSA) is 91.2 Å². The highest BCUT2D eigenvalue weighted by atomic mass is 32.1. The fourth-order valence-electron chi connectivity index (χ4n) is 3.16. The Balaban J connectivity index is 1.69. The quantitative estimate of drug-likeness (QED) is 0.413. The molecule has 0 bridgehead atoms. The predicted molar refractivity (Wildman–Crippen MR) is 112 cm³/mol. The van der Waals surface area contributed by atoms with Crippen LogP contribution in [0.15, 0.2) is 52.0 Å². The summed E-state index contributed by atoms with van der Waals surface area (Å²) >= 11 is 2.94. The second kappa shape index (κ2) is 6.43. The first-order chi connectivity index (χ1) is 13.7. The van der Waals surface area contributed by atoms with Gasteiger partial charge in [-0.2, -0.15) is 0 Å². The number of anilines is 1. The Morgan fingerprint density at radius 1 is 1.14 bits per heavy atom. The van der Waals surface area contributed by atoms with Gasteiger partial charge in [-0.05, 0) is 29.1 Å². The molecule has 0 saturated carbocycles. The maximum absolute atomic E-state index is 11.8. The van der Waals surface area contributed by atoms with Crippen LogP contribution in [0.5, 0.6) is 0 Å². The Hall–Kier alpha value is -3.23. The first-order valence-electron chi connectivity index (χ1n) is 8.32. The molecule has 5 aromatic rings. The number of methoxy groups -OCH3 is 1. The van der Waals surface area contributed by atoms with E-state index < -0.39 is 0 Å². The minimum atomic E-state index is -0.359. The highest BCUT2D eigenvalue weighted by molar-refractivity contribution is 7.17. The third-order valence-corrected chi connectivity index (χ3v) is 6.37. The summed E-state index contributed by atoms with van der Waals surface area (Å²) < 4.78 is 12.0. The highest BCUT2D eigenvalue weighted by Gasteiger charge is 2.18. The van der Waals surface area contributed by atoms with Gasteiger partial charge in [0.1, 0.15) is 10.6 Å². The molecule has 0 aliphatic heterocycles. The number of aromatic nitrogens is 2. The molecule has 28 heavy (non-hydrogen) atoms. The number of ether oxygens (including phenoxy) is 1. The molecule has 0 saturated heterocycles. The van der Waals surface area contributed by atoms with E-state index >= 15 is 0 Å². The summed E-state index contributed by atoms with van der Waals surface area (Å²) in [7, 11) is 1.37. The molecule has 0 fully saturated rings. The van der Waals surface area contributed by atoms with Crippen LogP contribution in [0.3, 0.4) is 0 Å². The second-order valence-electron chi connectivity index (χ2n) is 6.12. The van der Waals surface area contributed by atoms with Crippen molar-refractivity contribution in [2.75, 3.05) is 12.8 Å². The maximum Gasteiger partial charge on any atom is 0.348 e.